The van der Waals surface area contributed by atoms with Crippen molar-refractivity contribution in [3.05, 3.63) is 35.3 Å². The van der Waals surface area contributed by atoms with Crippen LogP contribution in [-0.4, -0.2) is 43.4 Å². The fraction of sp³-hybridized carbons (Fsp3) is 0.529. The average Bonchev–Trinajstić information content (AvgIpc) is 2.74. The molecule has 6 heteroatoms. The zero-order valence-corrected chi connectivity index (χ0v) is 14.4. The second-order valence-electron chi connectivity index (χ2n) is 6.75. The number of H-pyrrole nitrogens is 1. The van der Waals surface area contributed by atoms with Crippen molar-refractivity contribution in [1.82, 2.24) is 9.88 Å². The van der Waals surface area contributed by atoms with Crippen LogP contribution in [0.5, 0.6) is 0 Å². The summed E-state index contributed by atoms with van der Waals surface area (Å²) in [7, 11) is -2.93. The van der Waals surface area contributed by atoms with Gasteiger partial charge in [-0.25, -0.2) is 12.8 Å². The minimum atomic E-state index is -2.93. The molecule has 1 aliphatic heterocycles. The van der Waals surface area contributed by atoms with Gasteiger partial charge in [-0.1, -0.05) is 0 Å². The smallest absolute Gasteiger partial charge is 0.147 e. The van der Waals surface area contributed by atoms with Crippen molar-refractivity contribution in [2.45, 2.75) is 26.3 Å². The molecule has 1 aromatic carbocycles. The van der Waals surface area contributed by atoms with E-state index in [4.69, 9.17) is 0 Å². The van der Waals surface area contributed by atoms with Crippen LogP contribution in [0.2, 0.25) is 0 Å². The number of halogens is 1. The lowest BCUT2D eigenvalue weighted by atomic mass is 10.00. The van der Waals surface area contributed by atoms with Gasteiger partial charge in [0.2, 0.25) is 0 Å². The summed E-state index contributed by atoms with van der Waals surface area (Å²) >= 11 is 0. The van der Waals surface area contributed by atoms with Gasteiger partial charge < -0.3 is 4.98 Å². The molecule has 126 valence electrons. The van der Waals surface area contributed by atoms with E-state index in [0.29, 0.717) is 0 Å². The first-order chi connectivity index (χ1) is 10.8. The Balaban J connectivity index is 1.75. The number of aromatic amines is 1. The van der Waals surface area contributed by atoms with E-state index in [9.17, 15) is 12.8 Å². The standard InChI is InChI=1S/C17H23FN2O2S/c1-12-15-8-14(18)5-6-16(15)19-17(12)10-20-7-3-4-13(9-20)11-23(2,21)22/h5-6,8,13,19H,3-4,7,9-11H2,1-2H3/t13-/m0/s1. The number of piperidine rings is 1. The molecule has 0 saturated carbocycles. The van der Waals surface area contributed by atoms with Gasteiger partial charge in [0.1, 0.15) is 15.7 Å². The molecule has 1 aliphatic rings. The summed E-state index contributed by atoms with van der Waals surface area (Å²) in [5.41, 5.74) is 3.11. The van der Waals surface area contributed by atoms with E-state index in [2.05, 4.69) is 9.88 Å². The number of aromatic nitrogens is 1. The Hall–Kier alpha value is -1.40. The summed E-state index contributed by atoms with van der Waals surface area (Å²) in [5, 5.41) is 0.921. The van der Waals surface area contributed by atoms with Crippen LogP contribution in [0.4, 0.5) is 4.39 Å². The summed E-state index contributed by atoms with van der Waals surface area (Å²) in [6.07, 6.45) is 3.30. The largest absolute Gasteiger partial charge is 0.357 e. The average molecular weight is 338 g/mol. The number of sulfone groups is 1. The van der Waals surface area contributed by atoms with E-state index >= 15 is 0 Å². The van der Waals surface area contributed by atoms with Gasteiger partial charge in [0.05, 0.1) is 5.75 Å². The molecule has 1 atom stereocenters. The molecule has 1 aromatic heterocycles. The minimum absolute atomic E-state index is 0.209. The van der Waals surface area contributed by atoms with Crippen LogP contribution in [0.15, 0.2) is 18.2 Å². The molecule has 2 aromatic rings. The van der Waals surface area contributed by atoms with Gasteiger partial charge in [-0.3, -0.25) is 4.90 Å². The zero-order valence-electron chi connectivity index (χ0n) is 13.6. The third-order valence-electron chi connectivity index (χ3n) is 4.65. The van der Waals surface area contributed by atoms with Crippen molar-refractivity contribution in [2.75, 3.05) is 25.1 Å². The molecule has 0 bridgehead atoms. The zero-order chi connectivity index (χ0) is 16.6. The molecule has 3 rings (SSSR count). The highest BCUT2D eigenvalue weighted by Gasteiger charge is 2.24. The van der Waals surface area contributed by atoms with Gasteiger partial charge in [-0.2, -0.15) is 0 Å². The Kier molecular flexibility index (Phi) is 4.47. The fourth-order valence-corrected chi connectivity index (χ4v) is 4.72. The quantitative estimate of drug-likeness (QED) is 0.933. The van der Waals surface area contributed by atoms with Gasteiger partial charge >= 0.3 is 0 Å². The van der Waals surface area contributed by atoms with Crippen molar-refractivity contribution in [3.63, 3.8) is 0 Å². The number of nitrogens with one attached hydrogen (secondary N) is 1. The van der Waals surface area contributed by atoms with Crippen LogP contribution in [0.3, 0.4) is 0 Å². The molecular formula is C17H23FN2O2S. The maximum atomic E-state index is 13.4. The summed E-state index contributed by atoms with van der Waals surface area (Å²) in [6, 6.07) is 4.79. The first-order valence-electron chi connectivity index (χ1n) is 7.98. The monoisotopic (exact) mass is 338 g/mol. The number of fused-ring (bicyclic) bond motifs is 1. The second kappa shape index (κ2) is 6.24. The molecule has 0 aliphatic carbocycles. The number of nitrogens with zero attached hydrogens (tertiary/aromatic N) is 1. The van der Waals surface area contributed by atoms with E-state index in [0.717, 1.165) is 54.6 Å². The third kappa shape index (κ3) is 3.93. The molecule has 4 nitrogen and oxygen atoms in total. The molecular weight excluding hydrogens is 315 g/mol. The maximum Gasteiger partial charge on any atom is 0.147 e. The third-order valence-corrected chi connectivity index (χ3v) is 5.72. The number of hydrogen-bond acceptors (Lipinski definition) is 3. The van der Waals surface area contributed by atoms with E-state index in [1.165, 1.54) is 12.3 Å². The topological polar surface area (TPSA) is 53.2 Å². The van der Waals surface area contributed by atoms with Gasteiger partial charge in [-0.15, -0.1) is 0 Å². The molecule has 0 unspecified atom stereocenters. The highest BCUT2D eigenvalue weighted by molar-refractivity contribution is 7.90. The Morgan fingerprint density at radius 3 is 2.91 bits per heavy atom. The van der Waals surface area contributed by atoms with Crippen LogP contribution >= 0.6 is 0 Å². The van der Waals surface area contributed by atoms with Crippen molar-refractivity contribution < 1.29 is 12.8 Å². The lowest BCUT2D eigenvalue weighted by Crippen LogP contribution is -2.37. The molecule has 0 amide bonds. The molecule has 0 spiro atoms. The van der Waals surface area contributed by atoms with Crippen LogP contribution in [0.1, 0.15) is 24.1 Å². The highest BCUT2D eigenvalue weighted by atomic mass is 32.2. The van der Waals surface area contributed by atoms with E-state index in [1.807, 2.05) is 6.92 Å². The van der Waals surface area contributed by atoms with Crippen molar-refractivity contribution in [1.29, 1.82) is 0 Å². The predicted molar refractivity (Wildman–Crippen MR) is 90.7 cm³/mol. The van der Waals surface area contributed by atoms with Gasteiger partial charge in [-0.05, 0) is 56.0 Å². The van der Waals surface area contributed by atoms with E-state index < -0.39 is 9.84 Å². The minimum Gasteiger partial charge on any atom is -0.357 e. The predicted octanol–water partition coefficient (Wildman–Crippen LogP) is 2.87. The Morgan fingerprint density at radius 2 is 2.17 bits per heavy atom. The van der Waals surface area contributed by atoms with E-state index in [1.54, 1.807) is 12.1 Å². The van der Waals surface area contributed by atoms with Crippen LogP contribution in [0, 0.1) is 18.7 Å². The Labute approximate surface area is 136 Å². The normalized spacial score (nSPS) is 20.2. The first-order valence-corrected chi connectivity index (χ1v) is 10.0. The van der Waals surface area contributed by atoms with Crippen LogP contribution in [0.25, 0.3) is 10.9 Å². The van der Waals surface area contributed by atoms with Crippen molar-refractivity contribution in [2.24, 2.45) is 5.92 Å². The number of benzene rings is 1. The summed E-state index contributed by atoms with van der Waals surface area (Å²) in [4.78, 5) is 5.67. The maximum absolute atomic E-state index is 13.4. The SMILES string of the molecule is Cc1c(CN2CCC[C@H](CS(C)(=O)=O)C2)[nH]c2ccc(F)cc12. The first kappa shape index (κ1) is 16.5. The van der Waals surface area contributed by atoms with Crippen molar-refractivity contribution in [3.8, 4) is 0 Å². The van der Waals surface area contributed by atoms with Gasteiger partial charge in [0.15, 0.2) is 0 Å². The molecule has 1 saturated heterocycles. The summed E-state index contributed by atoms with van der Waals surface area (Å²) < 4.78 is 36.4. The van der Waals surface area contributed by atoms with Gasteiger partial charge in [0.25, 0.3) is 0 Å². The fourth-order valence-electron chi connectivity index (χ4n) is 3.60. The summed E-state index contributed by atoms with van der Waals surface area (Å²) in [5.74, 6) is 0.249. The number of rotatable bonds is 4. The Morgan fingerprint density at radius 1 is 1.39 bits per heavy atom. The van der Waals surface area contributed by atoms with Crippen LogP contribution in [-0.2, 0) is 16.4 Å². The molecule has 0 radical (unpaired) electrons. The van der Waals surface area contributed by atoms with Crippen molar-refractivity contribution >= 4 is 20.7 Å². The lowest BCUT2D eigenvalue weighted by Gasteiger charge is -2.32. The molecule has 1 N–H and O–H groups in total. The Bertz CT molecular complexity index is 813. The molecule has 23 heavy (non-hydrogen) atoms. The lowest BCUT2D eigenvalue weighted by molar-refractivity contribution is 0.176. The summed E-state index contributed by atoms with van der Waals surface area (Å²) in [6.45, 7) is 4.54. The highest BCUT2D eigenvalue weighted by Crippen LogP contribution is 2.25. The van der Waals surface area contributed by atoms with Gasteiger partial charge in [0, 0.05) is 35.9 Å². The number of likely N-dealkylation sites (tertiary alicyclic amines) is 1. The molecule has 2 heterocycles. The second-order valence-corrected chi connectivity index (χ2v) is 8.94. The number of hydrogen-bond donors (Lipinski definition) is 1. The number of aryl methyl sites for hydroxylation is 1. The molecule has 1 fully saturated rings. The van der Waals surface area contributed by atoms with E-state index in [-0.39, 0.29) is 17.5 Å². The van der Waals surface area contributed by atoms with Crippen LogP contribution < -0.4 is 0 Å².